The van der Waals surface area contributed by atoms with Crippen LogP contribution in [0.2, 0.25) is 0 Å². The van der Waals surface area contributed by atoms with Gasteiger partial charge in [0.25, 0.3) is 0 Å². The van der Waals surface area contributed by atoms with Crippen LogP contribution >= 0.6 is 0 Å². The normalized spacial score (nSPS) is 15.9. The van der Waals surface area contributed by atoms with Gasteiger partial charge in [0.05, 0.1) is 0 Å². The van der Waals surface area contributed by atoms with Gasteiger partial charge in [0, 0.05) is 19.5 Å². The molecule has 0 aliphatic carbocycles. The Hall–Kier alpha value is -1.15. The zero-order chi connectivity index (χ0) is 11.5. The molecule has 0 spiro atoms. The molecule has 0 fully saturated rings. The van der Waals surface area contributed by atoms with E-state index < -0.39 is 0 Å². The summed E-state index contributed by atoms with van der Waals surface area (Å²) < 4.78 is 0. The summed E-state index contributed by atoms with van der Waals surface area (Å²) in [7, 11) is 0. The van der Waals surface area contributed by atoms with Crippen molar-refractivity contribution in [1.29, 1.82) is 0 Å². The van der Waals surface area contributed by atoms with E-state index in [1.54, 1.807) is 6.92 Å². The highest BCUT2D eigenvalue weighted by molar-refractivity contribution is 5.78. The van der Waals surface area contributed by atoms with Crippen molar-refractivity contribution >= 4 is 5.78 Å². The van der Waals surface area contributed by atoms with Crippen LogP contribution in [0.4, 0.5) is 0 Å². The average molecular weight is 217 g/mol. The molecule has 0 unspecified atom stereocenters. The molecule has 2 heteroatoms. The first-order chi connectivity index (χ1) is 7.70. The molecule has 1 aromatic rings. The van der Waals surface area contributed by atoms with Crippen molar-refractivity contribution < 1.29 is 4.79 Å². The predicted molar refractivity (Wildman–Crippen MR) is 65.5 cm³/mol. The molecule has 1 aliphatic heterocycles. The topological polar surface area (TPSA) is 20.3 Å². The minimum absolute atomic E-state index is 0.252. The molecule has 2 nitrogen and oxygen atoms in total. The molecular weight excluding hydrogens is 198 g/mol. The highest BCUT2D eigenvalue weighted by atomic mass is 16.1. The molecule has 86 valence electrons. The largest absolute Gasteiger partial charge is 0.300 e. The second-order valence-corrected chi connectivity index (χ2v) is 4.55. The standard InChI is InChI=1S/C14H19NO/c1-3-15-8-7-12-5-4-6-13(9-11(2)16)14(12)10-15/h4-6H,3,7-10H2,1-2H3. The molecule has 0 N–H and O–H groups in total. The lowest BCUT2D eigenvalue weighted by Gasteiger charge is -2.29. The van der Waals surface area contributed by atoms with Gasteiger partial charge < -0.3 is 0 Å². The number of benzene rings is 1. The van der Waals surface area contributed by atoms with E-state index in [0.29, 0.717) is 6.42 Å². The Balaban J connectivity index is 2.30. The summed E-state index contributed by atoms with van der Waals surface area (Å²) in [6.07, 6.45) is 1.70. The third-order valence-electron chi connectivity index (χ3n) is 3.34. The first kappa shape index (κ1) is 11.3. The number of ketones is 1. The molecule has 1 aromatic carbocycles. The highest BCUT2D eigenvalue weighted by Gasteiger charge is 2.17. The quantitative estimate of drug-likeness (QED) is 0.773. The zero-order valence-electron chi connectivity index (χ0n) is 10.1. The van der Waals surface area contributed by atoms with Gasteiger partial charge in [-0.1, -0.05) is 25.1 Å². The third kappa shape index (κ3) is 2.33. The maximum atomic E-state index is 11.2. The Kier molecular flexibility index (Phi) is 3.39. The van der Waals surface area contributed by atoms with E-state index in [4.69, 9.17) is 0 Å². The number of carbonyl (C=O) groups is 1. The lowest BCUT2D eigenvalue weighted by molar-refractivity contribution is -0.116. The number of hydrogen-bond acceptors (Lipinski definition) is 2. The lowest BCUT2D eigenvalue weighted by atomic mass is 9.92. The molecule has 0 radical (unpaired) electrons. The van der Waals surface area contributed by atoms with E-state index in [-0.39, 0.29) is 5.78 Å². The predicted octanol–water partition coefficient (Wildman–Crippen LogP) is 2.20. The van der Waals surface area contributed by atoms with Crippen molar-refractivity contribution in [3.63, 3.8) is 0 Å². The Bertz CT molecular complexity index is 398. The van der Waals surface area contributed by atoms with E-state index >= 15 is 0 Å². The molecule has 0 amide bonds. The molecule has 0 aromatic heterocycles. The number of likely N-dealkylation sites (N-methyl/N-ethyl adjacent to an activating group) is 1. The van der Waals surface area contributed by atoms with Crippen molar-refractivity contribution in [3.05, 3.63) is 34.9 Å². The first-order valence-electron chi connectivity index (χ1n) is 6.02. The van der Waals surface area contributed by atoms with Crippen molar-refractivity contribution in [1.82, 2.24) is 4.90 Å². The number of rotatable bonds is 3. The van der Waals surface area contributed by atoms with Crippen LogP contribution in [0.25, 0.3) is 0 Å². The van der Waals surface area contributed by atoms with E-state index in [1.165, 1.54) is 16.7 Å². The van der Waals surface area contributed by atoms with Gasteiger partial charge in [0.2, 0.25) is 0 Å². The van der Waals surface area contributed by atoms with E-state index in [2.05, 4.69) is 30.0 Å². The minimum atomic E-state index is 0.252. The van der Waals surface area contributed by atoms with Crippen LogP contribution in [-0.4, -0.2) is 23.8 Å². The van der Waals surface area contributed by atoms with Crippen molar-refractivity contribution in [2.24, 2.45) is 0 Å². The number of fused-ring (bicyclic) bond motifs is 1. The van der Waals surface area contributed by atoms with Gasteiger partial charge in [0.1, 0.15) is 5.78 Å². The van der Waals surface area contributed by atoms with Crippen molar-refractivity contribution in [2.45, 2.75) is 33.2 Å². The van der Waals surface area contributed by atoms with Crippen LogP contribution in [-0.2, 0) is 24.2 Å². The average Bonchev–Trinajstić information content (AvgIpc) is 2.28. The Morgan fingerprint density at radius 1 is 1.44 bits per heavy atom. The van der Waals surface area contributed by atoms with Crippen molar-refractivity contribution in [2.75, 3.05) is 13.1 Å². The SMILES string of the molecule is CCN1CCc2cccc(CC(C)=O)c2C1. The fourth-order valence-corrected chi connectivity index (χ4v) is 2.41. The summed E-state index contributed by atoms with van der Waals surface area (Å²) in [5.74, 6) is 0.252. The van der Waals surface area contributed by atoms with Gasteiger partial charge in [0.15, 0.2) is 0 Å². The van der Waals surface area contributed by atoms with Crippen LogP contribution < -0.4 is 0 Å². The number of hydrogen-bond donors (Lipinski definition) is 0. The lowest BCUT2D eigenvalue weighted by Crippen LogP contribution is -2.31. The van der Waals surface area contributed by atoms with Gasteiger partial charge >= 0.3 is 0 Å². The molecule has 0 bridgehead atoms. The molecular formula is C14H19NO. The molecule has 16 heavy (non-hydrogen) atoms. The summed E-state index contributed by atoms with van der Waals surface area (Å²) in [6.45, 7) is 7.11. The molecule has 2 rings (SSSR count). The molecule has 1 heterocycles. The minimum Gasteiger partial charge on any atom is -0.300 e. The van der Waals surface area contributed by atoms with Gasteiger partial charge in [-0.15, -0.1) is 0 Å². The number of carbonyl (C=O) groups excluding carboxylic acids is 1. The van der Waals surface area contributed by atoms with E-state index in [1.807, 2.05) is 0 Å². The molecule has 0 atom stereocenters. The summed E-state index contributed by atoms with van der Waals surface area (Å²) in [6, 6.07) is 6.38. The monoisotopic (exact) mass is 217 g/mol. The van der Waals surface area contributed by atoms with Gasteiger partial charge in [-0.3, -0.25) is 9.69 Å². The maximum absolute atomic E-state index is 11.2. The summed E-state index contributed by atoms with van der Waals surface area (Å²) >= 11 is 0. The second kappa shape index (κ2) is 4.79. The highest BCUT2D eigenvalue weighted by Crippen LogP contribution is 2.23. The van der Waals surface area contributed by atoms with Crippen molar-refractivity contribution in [3.8, 4) is 0 Å². The fourth-order valence-electron chi connectivity index (χ4n) is 2.41. The summed E-state index contributed by atoms with van der Waals surface area (Å²) in [5, 5.41) is 0. The van der Waals surface area contributed by atoms with E-state index in [9.17, 15) is 4.79 Å². The molecule has 1 aliphatic rings. The van der Waals surface area contributed by atoms with Crippen LogP contribution in [0, 0.1) is 0 Å². The Morgan fingerprint density at radius 3 is 2.94 bits per heavy atom. The maximum Gasteiger partial charge on any atom is 0.134 e. The van der Waals surface area contributed by atoms with Gasteiger partial charge in [-0.05, 0) is 36.6 Å². The van der Waals surface area contributed by atoms with Crippen LogP contribution in [0.1, 0.15) is 30.5 Å². The second-order valence-electron chi connectivity index (χ2n) is 4.55. The van der Waals surface area contributed by atoms with Crippen LogP contribution in [0.15, 0.2) is 18.2 Å². The fraction of sp³-hybridized carbons (Fsp3) is 0.500. The van der Waals surface area contributed by atoms with Gasteiger partial charge in [-0.2, -0.15) is 0 Å². The Labute approximate surface area is 97.3 Å². The van der Waals surface area contributed by atoms with Gasteiger partial charge in [-0.25, -0.2) is 0 Å². The molecule has 0 saturated heterocycles. The Morgan fingerprint density at radius 2 is 2.25 bits per heavy atom. The third-order valence-corrected chi connectivity index (χ3v) is 3.34. The smallest absolute Gasteiger partial charge is 0.134 e. The number of nitrogens with zero attached hydrogens (tertiary/aromatic N) is 1. The first-order valence-corrected chi connectivity index (χ1v) is 6.02. The van der Waals surface area contributed by atoms with Crippen LogP contribution in [0.5, 0.6) is 0 Å². The van der Waals surface area contributed by atoms with E-state index in [0.717, 1.165) is 26.1 Å². The van der Waals surface area contributed by atoms with Crippen LogP contribution in [0.3, 0.4) is 0 Å². The molecule has 0 saturated carbocycles. The number of Topliss-reactive ketones (excluding diaryl/α,β-unsaturated/α-hetero) is 1. The summed E-state index contributed by atoms with van der Waals surface area (Å²) in [5.41, 5.74) is 4.05. The zero-order valence-corrected chi connectivity index (χ0v) is 10.1. The summed E-state index contributed by atoms with van der Waals surface area (Å²) in [4.78, 5) is 13.7.